The molecule has 0 saturated heterocycles. The standard InChI is InChI=1S/C15H9Cl2F4NOS/c1-7-2-12(24-6-7)11-5-14(23-22-11,15(19,20)21)8-3-9(16)13(18)10(17)4-8/h2-4,6H,5H2,1H3. The van der Waals surface area contributed by atoms with Crippen LogP contribution in [0.5, 0.6) is 0 Å². The lowest BCUT2D eigenvalue weighted by molar-refractivity contribution is -0.275. The van der Waals surface area contributed by atoms with E-state index in [1.54, 1.807) is 11.4 Å². The molecular weight excluding hydrogens is 389 g/mol. The Kier molecular flexibility index (Phi) is 4.30. The van der Waals surface area contributed by atoms with Gasteiger partial charge in [-0.3, -0.25) is 0 Å². The molecule has 2 nitrogen and oxygen atoms in total. The molecule has 2 aromatic rings. The molecule has 1 unspecified atom stereocenters. The summed E-state index contributed by atoms with van der Waals surface area (Å²) in [6, 6.07) is 3.46. The summed E-state index contributed by atoms with van der Waals surface area (Å²) in [4.78, 5) is 5.43. The van der Waals surface area contributed by atoms with Crippen molar-refractivity contribution in [1.29, 1.82) is 0 Å². The van der Waals surface area contributed by atoms with Crippen LogP contribution in [0, 0.1) is 12.7 Å². The van der Waals surface area contributed by atoms with E-state index in [9.17, 15) is 17.6 Å². The number of alkyl halides is 3. The molecule has 0 aliphatic carbocycles. The molecule has 0 fully saturated rings. The average molecular weight is 398 g/mol. The third kappa shape index (κ3) is 2.78. The Balaban J connectivity index is 2.07. The Morgan fingerprint density at radius 3 is 2.33 bits per heavy atom. The molecule has 0 amide bonds. The van der Waals surface area contributed by atoms with Gasteiger partial charge in [0.2, 0.25) is 0 Å². The molecule has 0 radical (unpaired) electrons. The molecule has 128 valence electrons. The van der Waals surface area contributed by atoms with Crippen LogP contribution >= 0.6 is 34.5 Å². The predicted octanol–water partition coefficient (Wildman–Crippen LogP) is 6.08. The Labute approximate surface area is 148 Å². The SMILES string of the molecule is Cc1csc(C2=NOC(c3cc(Cl)c(F)c(Cl)c3)(C(F)(F)F)C2)c1. The largest absolute Gasteiger partial charge is 0.435 e. The zero-order valence-corrected chi connectivity index (χ0v) is 14.4. The fourth-order valence-corrected chi connectivity index (χ4v) is 3.77. The molecular formula is C15H9Cl2F4NOS. The quantitative estimate of drug-likeness (QED) is 0.444. The predicted molar refractivity (Wildman–Crippen MR) is 85.4 cm³/mol. The topological polar surface area (TPSA) is 21.6 Å². The van der Waals surface area contributed by atoms with Crippen LogP contribution in [-0.4, -0.2) is 11.9 Å². The minimum Gasteiger partial charge on any atom is -0.374 e. The van der Waals surface area contributed by atoms with Crippen molar-refractivity contribution < 1.29 is 22.4 Å². The molecule has 1 aromatic carbocycles. The normalized spacial score (nSPS) is 20.9. The van der Waals surface area contributed by atoms with Gasteiger partial charge < -0.3 is 4.84 Å². The Morgan fingerprint density at radius 2 is 1.83 bits per heavy atom. The van der Waals surface area contributed by atoms with Crippen molar-refractivity contribution in [1.82, 2.24) is 0 Å². The van der Waals surface area contributed by atoms with Crippen LogP contribution in [0.3, 0.4) is 0 Å². The maximum Gasteiger partial charge on any atom is 0.435 e. The lowest BCUT2D eigenvalue weighted by atomic mass is 9.87. The summed E-state index contributed by atoms with van der Waals surface area (Å²) in [6.07, 6.45) is -5.34. The highest BCUT2D eigenvalue weighted by Gasteiger charge is 2.62. The molecule has 1 atom stereocenters. The van der Waals surface area contributed by atoms with E-state index in [1.165, 1.54) is 11.3 Å². The molecule has 0 bridgehead atoms. The Hall–Kier alpha value is -1.31. The van der Waals surface area contributed by atoms with Crippen LogP contribution < -0.4 is 0 Å². The van der Waals surface area contributed by atoms with Gasteiger partial charge in [-0.15, -0.1) is 11.3 Å². The molecule has 24 heavy (non-hydrogen) atoms. The number of halogens is 6. The van der Waals surface area contributed by atoms with E-state index in [-0.39, 0.29) is 5.71 Å². The van der Waals surface area contributed by atoms with Gasteiger partial charge in [0.05, 0.1) is 21.3 Å². The van der Waals surface area contributed by atoms with Gasteiger partial charge >= 0.3 is 6.18 Å². The van der Waals surface area contributed by atoms with Crippen molar-refractivity contribution in [3.63, 3.8) is 0 Å². The molecule has 1 aromatic heterocycles. The van der Waals surface area contributed by atoms with Gasteiger partial charge in [-0.25, -0.2) is 4.39 Å². The number of benzene rings is 1. The molecule has 1 aliphatic rings. The zero-order valence-electron chi connectivity index (χ0n) is 12.0. The van der Waals surface area contributed by atoms with Gasteiger partial charge in [-0.2, -0.15) is 13.2 Å². The number of hydrogen-bond acceptors (Lipinski definition) is 3. The van der Waals surface area contributed by atoms with E-state index >= 15 is 0 Å². The third-order valence-electron chi connectivity index (χ3n) is 3.65. The summed E-state index contributed by atoms with van der Waals surface area (Å²) in [6.45, 7) is 1.83. The fraction of sp³-hybridized carbons (Fsp3) is 0.267. The average Bonchev–Trinajstić information content (AvgIpc) is 3.10. The van der Waals surface area contributed by atoms with Crippen LogP contribution in [0.1, 0.15) is 22.4 Å². The highest BCUT2D eigenvalue weighted by atomic mass is 35.5. The van der Waals surface area contributed by atoms with Crippen LogP contribution in [-0.2, 0) is 10.4 Å². The van der Waals surface area contributed by atoms with Crippen molar-refractivity contribution in [3.05, 3.63) is 55.4 Å². The number of thiophene rings is 1. The molecule has 0 spiro atoms. The van der Waals surface area contributed by atoms with E-state index in [4.69, 9.17) is 28.0 Å². The lowest BCUT2D eigenvalue weighted by Gasteiger charge is -2.29. The number of nitrogens with zero attached hydrogens (tertiary/aromatic N) is 1. The summed E-state index contributed by atoms with van der Waals surface area (Å²) in [5, 5.41) is 4.41. The summed E-state index contributed by atoms with van der Waals surface area (Å²) >= 11 is 12.6. The van der Waals surface area contributed by atoms with Gasteiger partial charge in [0.15, 0.2) is 5.82 Å². The van der Waals surface area contributed by atoms with Crippen molar-refractivity contribution in [2.24, 2.45) is 5.16 Å². The number of aryl methyl sites for hydroxylation is 1. The molecule has 0 N–H and O–H groups in total. The number of hydrogen-bond donors (Lipinski definition) is 0. The van der Waals surface area contributed by atoms with Gasteiger partial charge in [0, 0.05) is 5.56 Å². The first-order chi connectivity index (χ1) is 11.1. The molecule has 0 saturated carbocycles. The van der Waals surface area contributed by atoms with E-state index in [1.807, 2.05) is 6.92 Å². The Morgan fingerprint density at radius 1 is 1.21 bits per heavy atom. The maximum atomic E-state index is 13.8. The van der Waals surface area contributed by atoms with Crippen molar-refractivity contribution in [3.8, 4) is 0 Å². The third-order valence-corrected chi connectivity index (χ3v) is 5.30. The number of oxime groups is 1. The molecule has 3 rings (SSSR count). The molecule has 2 heterocycles. The van der Waals surface area contributed by atoms with E-state index in [0.717, 1.165) is 17.7 Å². The van der Waals surface area contributed by atoms with Gasteiger partial charge in [0.1, 0.15) is 5.71 Å². The summed E-state index contributed by atoms with van der Waals surface area (Å²) in [5.41, 5.74) is -2.06. The van der Waals surface area contributed by atoms with Gasteiger partial charge in [0.25, 0.3) is 5.60 Å². The van der Waals surface area contributed by atoms with Crippen molar-refractivity contribution in [2.75, 3.05) is 0 Å². The van der Waals surface area contributed by atoms with Gasteiger partial charge in [-0.1, -0.05) is 28.4 Å². The highest BCUT2D eigenvalue weighted by Crippen LogP contribution is 2.50. The highest BCUT2D eigenvalue weighted by molar-refractivity contribution is 7.12. The van der Waals surface area contributed by atoms with Crippen molar-refractivity contribution >= 4 is 40.3 Å². The number of rotatable bonds is 2. The van der Waals surface area contributed by atoms with Crippen LogP contribution in [0.15, 0.2) is 28.7 Å². The first-order valence-electron chi connectivity index (χ1n) is 6.66. The second kappa shape index (κ2) is 5.89. The Bertz CT molecular complexity index is 810. The minimum atomic E-state index is -4.80. The second-order valence-electron chi connectivity index (χ2n) is 5.37. The molecule has 9 heteroatoms. The summed E-state index contributed by atoms with van der Waals surface area (Å²) in [5.74, 6) is -0.979. The van der Waals surface area contributed by atoms with Crippen molar-refractivity contribution in [2.45, 2.75) is 25.1 Å². The van der Waals surface area contributed by atoms with Crippen LogP contribution in [0.25, 0.3) is 0 Å². The fourth-order valence-electron chi connectivity index (χ4n) is 2.41. The second-order valence-corrected chi connectivity index (χ2v) is 7.10. The first-order valence-corrected chi connectivity index (χ1v) is 8.30. The van der Waals surface area contributed by atoms with E-state index in [2.05, 4.69) is 5.16 Å². The van der Waals surface area contributed by atoms with E-state index < -0.39 is 39.6 Å². The summed E-state index contributed by atoms with van der Waals surface area (Å²) < 4.78 is 54.9. The van der Waals surface area contributed by atoms with E-state index in [0.29, 0.717) is 4.88 Å². The smallest absolute Gasteiger partial charge is 0.374 e. The maximum absolute atomic E-state index is 13.8. The minimum absolute atomic E-state index is 0.169. The lowest BCUT2D eigenvalue weighted by Crippen LogP contribution is -2.42. The zero-order chi connectivity index (χ0) is 17.7. The molecule has 1 aliphatic heterocycles. The monoisotopic (exact) mass is 397 g/mol. The van der Waals surface area contributed by atoms with Crippen LogP contribution in [0.2, 0.25) is 10.0 Å². The first kappa shape index (κ1) is 17.5. The van der Waals surface area contributed by atoms with Crippen LogP contribution in [0.4, 0.5) is 17.6 Å². The van der Waals surface area contributed by atoms with Gasteiger partial charge in [-0.05, 0) is 36.1 Å². The summed E-state index contributed by atoms with van der Waals surface area (Å²) in [7, 11) is 0.